The molecule has 0 aromatic heterocycles. The SMILES string of the molecule is CC(C)CCNC(C)C(=O)c1ccc(C(C)(C)C)cc1. The molecular formula is C18H29NO. The predicted molar refractivity (Wildman–Crippen MR) is 86.4 cm³/mol. The first-order chi connectivity index (χ1) is 9.21. The van der Waals surface area contributed by atoms with Crippen molar-refractivity contribution in [3.63, 3.8) is 0 Å². The van der Waals surface area contributed by atoms with Gasteiger partial charge in [-0.1, -0.05) is 58.9 Å². The molecule has 1 atom stereocenters. The number of nitrogens with one attached hydrogen (secondary N) is 1. The van der Waals surface area contributed by atoms with Crippen molar-refractivity contribution in [2.24, 2.45) is 5.92 Å². The number of rotatable bonds is 6. The molecule has 1 N–H and O–H groups in total. The van der Waals surface area contributed by atoms with Gasteiger partial charge in [0.1, 0.15) is 0 Å². The van der Waals surface area contributed by atoms with E-state index in [0.29, 0.717) is 5.92 Å². The van der Waals surface area contributed by atoms with Gasteiger partial charge in [-0.2, -0.15) is 0 Å². The van der Waals surface area contributed by atoms with Gasteiger partial charge in [0.2, 0.25) is 0 Å². The Labute approximate surface area is 124 Å². The molecule has 2 heteroatoms. The van der Waals surface area contributed by atoms with Crippen molar-refractivity contribution in [1.29, 1.82) is 0 Å². The minimum atomic E-state index is -0.116. The Morgan fingerprint density at radius 3 is 2.10 bits per heavy atom. The Hall–Kier alpha value is -1.15. The molecule has 0 aliphatic carbocycles. The monoisotopic (exact) mass is 275 g/mol. The van der Waals surface area contributed by atoms with E-state index in [9.17, 15) is 4.79 Å². The van der Waals surface area contributed by atoms with E-state index < -0.39 is 0 Å². The summed E-state index contributed by atoms with van der Waals surface area (Å²) in [4.78, 5) is 12.3. The maximum atomic E-state index is 12.3. The highest BCUT2D eigenvalue weighted by atomic mass is 16.1. The van der Waals surface area contributed by atoms with Crippen molar-refractivity contribution < 1.29 is 4.79 Å². The highest BCUT2D eigenvalue weighted by Gasteiger charge is 2.17. The molecule has 0 saturated heterocycles. The molecule has 1 aromatic carbocycles. The zero-order valence-corrected chi connectivity index (χ0v) is 13.8. The van der Waals surface area contributed by atoms with Crippen molar-refractivity contribution in [2.45, 2.75) is 59.4 Å². The van der Waals surface area contributed by atoms with Gasteiger partial charge >= 0.3 is 0 Å². The molecule has 0 aliphatic rings. The van der Waals surface area contributed by atoms with Crippen LogP contribution in [0.1, 0.15) is 63.9 Å². The lowest BCUT2D eigenvalue weighted by molar-refractivity contribution is 0.0950. The molecule has 0 amide bonds. The minimum absolute atomic E-state index is 0.116. The highest BCUT2D eigenvalue weighted by Crippen LogP contribution is 2.22. The van der Waals surface area contributed by atoms with E-state index in [1.165, 1.54) is 5.56 Å². The van der Waals surface area contributed by atoms with Crippen LogP contribution in [0.25, 0.3) is 0 Å². The van der Waals surface area contributed by atoms with Gasteiger partial charge < -0.3 is 5.32 Å². The summed E-state index contributed by atoms with van der Waals surface area (Å²) >= 11 is 0. The summed E-state index contributed by atoms with van der Waals surface area (Å²) in [7, 11) is 0. The first-order valence-electron chi connectivity index (χ1n) is 7.60. The van der Waals surface area contributed by atoms with E-state index in [2.05, 4.69) is 52.1 Å². The van der Waals surface area contributed by atoms with E-state index in [1.807, 2.05) is 19.1 Å². The molecule has 20 heavy (non-hydrogen) atoms. The molecule has 1 aromatic rings. The smallest absolute Gasteiger partial charge is 0.179 e. The summed E-state index contributed by atoms with van der Waals surface area (Å²) in [5.41, 5.74) is 2.18. The predicted octanol–water partition coefficient (Wildman–Crippen LogP) is 4.19. The molecule has 0 spiro atoms. The highest BCUT2D eigenvalue weighted by molar-refractivity contribution is 5.99. The summed E-state index contributed by atoms with van der Waals surface area (Å²) < 4.78 is 0. The van der Waals surface area contributed by atoms with Crippen LogP contribution in [0.2, 0.25) is 0 Å². The molecule has 2 nitrogen and oxygen atoms in total. The molecule has 112 valence electrons. The molecule has 0 radical (unpaired) electrons. The van der Waals surface area contributed by atoms with Gasteiger partial charge in [0.15, 0.2) is 5.78 Å². The van der Waals surface area contributed by atoms with E-state index >= 15 is 0 Å². The fourth-order valence-corrected chi connectivity index (χ4v) is 2.07. The maximum Gasteiger partial charge on any atom is 0.179 e. The lowest BCUT2D eigenvalue weighted by Crippen LogP contribution is -2.35. The Morgan fingerprint density at radius 2 is 1.65 bits per heavy atom. The second-order valence-corrected chi connectivity index (χ2v) is 7.05. The summed E-state index contributed by atoms with van der Waals surface area (Å²) in [6.45, 7) is 13.8. The van der Waals surface area contributed by atoms with Crippen molar-refractivity contribution >= 4 is 5.78 Å². The van der Waals surface area contributed by atoms with Crippen LogP contribution in [0.4, 0.5) is 0 Å². The van der Waals surface area contributed by atoms with Gasteiger partial charge in [-0.3, -0.25) is 4.79 Å². The Bertz CT molecular complexity index is 426. The Morgan fingerprint density at radius 1 is 1.10 bits per heavy atom. The van der Waals surface area contributed by atoms with Crippen LogP contribution in [-0.4, -0.2) is 18.4 Å². The Kier molecular flexibility index (Phi) is 5.94. The van der Waals surface area contributed by atoms with Crippen molar-refractivity contribution in [1.82, 2.24) is 5.32 Å². The van der Waals surface area contributed by atoms with Crippen molar-refractivity contribution in [2.75, 3.05) is 6.54 Å². The van der Waals surface area contributed by atoms with E-state index in [1.54, 1.807) is 0 Å². The van der Waals surface area contributed by atoms with Gasteiger partial charge in [0.25, 0.3) is 0 Å². The first-order valence-corrected chi connectivity index (χ1v) is 7.60. The van der Waals surface area contributed by atoms with Crippen LogP contribution >= 0.6 is 0 Å². The average molecular weight is 275 g/mol. The lowest BCUT2D eigenvalue weighted by Gasteiger charge is -2.19. The van der Waals surface area contributed by atoms with Crippen LogP contribution in [0.3, 0.4) is 0 Å². The fraction of sp³-hybridized carbons (Fsp3) is 0.611. The van der Waals surface area contributed by atoms with Crippen LogP contribution in [0, 0.1) is 5.92 Å². The second-order valence-electron chi connectivity index (χ2n) is 7.05. The third kappa shape index (κ3) is 5.09. The zero-order valence-electron chi connectivity index (χ0n) is 13.8. The standard InChI is InChI=1S/C18H29NO/c1-13(2)11-12-19-14(3)17(20)15-7-9-16(10-8-15)18(4,5)6/h7-10,13-14,19H,11-12H2,1-6H3. The number of hydrogen-bond acceptors (Lipinski definition) is 2. The van der Waals surface area contributed by atoms with E-state index in [-0.39, 0.29) is 17.2 Å². The number of carbonyl (C=O) groups excluding carboxylic acids is 1. The topological polar surface area (TPSA) is 29.1 Å². The van der Waals surface area contributed by atoms with Gasteiger partial charge in [0, 0.05) is 5.56 Å². The summed E-state index contributed by atoms with van der Waals surface area (Å²) in [6.07, 6.45) is 1.10. The molecule has 0 saturated carbocycles. The van der Waals surface area contributed by atoms with Crippen LogP contribution in [0.15, 0.2) is 24.3 Å². The quantitative estimate of drug-likeness (QED) is 0.789. The number of carbonyl (C=O) groups is 1. The third-order valence-corrected chi connectivity index (χ3v) is 3.60. The summed E-state index contributed by atoms with van der Waals surface area (Å²) in [6, 6.07) is 7.91. The number of hydrogen-bond donors (Lipinski definition) is 1. The molecule has 1 rings (SSSR count). The minimum Gasteiger partial charge on any atom is -0.307 e. The third-order valence-electron chi connectivity index (χ3n) is 3.60. The van der Waals surface area contributed by atoms with E-state index in [0.717, 1.165) is 18.5 Å². The number of benzene rings is 1. The maximum absolute atomic E-state index is 12.3. The molecule has 0 fully saturated rings. The Balaban J connectivity index is 2.63. The molecule has 1 unspecified atom stereocenters. The molecule has 0 heterocycles. The van der Waals surface area contributed by atoms with Crippen LogP contribution in [-0.2, 0) is 5.41 Å². The van der Waals surface area contributed by atoms with Crippen molar-refractivity contribution in [3.05, 3.63) is 35.4 Å². The number of ketones is 1. The second kappa shape index (κ2) is 7.03. The van der Waals surface area contributed by atoms with Gasteiger partial charge in [-0.25, -0.2) is 0 Å². The van der Waals surface area contributed by atoms with Crippen molar-refractivity contribution in [3.8, 4) is 0 Å². The molecular weight excluding hydrogens is 246 g/mol. The fourth-order valence-electron chi connectivity index (χ4n) is 2.07. The zero-order chi connectivity index (χ0) is 15.3. The first kappa shape index (κ1) is 16.9. The van der Waals surface area contributed by atoms with Crippen LogP contribution < -0.4 is 5.32 Å². The molecule has 0 aliphatic heterocycles. The van der Waals surface area contributed by atoms with Crippen LogP contribution in [0.5, 0.6) is 0 Å². The average Bonchev–Trinajstić information content (AvgIpc) is 2.36. The summed E-state index contributed by atoms with van der Waals surface area (Å²) in [5.74, 6) is 0.838. The van der Waals surface area contributed by atoms with Gasteiger partial charge in [0.05, 0.1) is 6.04 Å². The van der Waals surface area contributed by atoms with Gasteiger partial charge in [-0.05, 0) is 36.8 Å². The largest absolute Gasteiger partial charge is 0.307 e. The number of Topliss-reactive ketones (excluding diaryl/α,β-unsaturated/α-hetero) is 1. The lowest BCUT2D eigenvalue weighted by atomic mass is 9.86. The molecule has 0 bridgehead atoms. The van der Waals surface area contributed by atoms with Gasteiger partial charge in [-0.15, -0.1) is 0 Å². The van der Waals surface area contributed by atoms with E-state index in [4.69, 9.17) is 0 Å². The summed E-state index contributed by atoms with van der Waals surface area (Å²) in [5, 5.41) is 3.31. The normalized spacial score (nSPS) is 13.6.